The van der Waals surface area contributed by atoms with Crippen LogP contribution in [0.1, 0.15) is 12.1 Å². The predicted molar refractivity (Wildman–Crippen MR) is 69.5 cm³/mol. The Labute approximate surface area is 109 Å². The van der Waals surface area contributed by atoms with Crippen LogP contribution in [0.2, 0.25) is 0 Å². The lowest BCUT2D eigenvalue weighted by Crippen LogP contribution is -2.08. The lowest BCUT2D eigenvalue weighted by Gasteiger charge is -2.10. The Morgan fingerprint density at radius 2 is 2.05 bits per heavy atom. The van der Waals surface area contributed by atoms with E-state index >= 15 is 0 Å². The fraction of sp³-hybridized carbons (Fsp3) is 0.143. The molecule has 0 spiro atoms. The van der Waals surface area contributed by atoms with E-state index in [1.54, 1.807) is 6.07 Å². The molecule has 0 aliphatic carbocycles. The van der Waals surface area contributed by atoms with E-state index in [0.29, 0.717) is 11.4 Å². The zero-order valence-corrected chi connectivity index (χ0v) is 10.1. The third-order valence-corrected chi connectivity index (χ3v) is 3.19. The Balaban J connectivity index is 2.18. The van der Waals surface area contributed by atoms with Gasteiger partial charge in [-0.3, -0.25) is 4.79 Å². The van der Waals surface area contributed by atoms with E-state index in [1.165, 1.54) is 6.20 Å². The zero-order chi connectivity index (χ0) is 13.4. The average molecular weight is 256 g/mol. The first-order valence-corrected chi connectivity index (χ1v) is 5.96. The summed E-state index contributed by atoms with van der Waals surface area (Å²) in [6.45, 7) is 0. The predicted octanol–water partition coefficient (Wildman–Crippen LogP) is 2.40. The number of para-hydroxylation sites is 1. The molecule has 0 radical (unpaired) electrons. The molecule has 0 aromatic heterocycles. The molecule has 0 atom stereocenters. The summed E-state index contributed by atoms with van der Waals surface area (Å²) >= 11 is 0. The van der Waals surface area contributed by atoms with Gasteiger partial charge >= 0.3 is 5.97 Å². The molecule has 96 valence electrons. The zero-order valence-electron chi connectivity index (χ0n) is 10.1. The molecule has 5 nitrogen and oxygen atoms in total. The van der Waals surface area contributed by atoms with Gasteiger partial charge in [0.1, 0.15) is 0 Å². The Hall–Kier alpha value is -2.56. The number of carboxylic acid groups (broad SMARTS) is 1. The van der Waals surface area contributed by atoms with Crippen LogP contribution >= 0.6 is 0 Å². The van der Waals surface area contributed by atoms with Crippen LogP contribution in [0.25, 0.3) is 22.2 Å². The molecule has 3 rings (SSSR count). The Morgan fingerprint density at radius 1 is 1.26 bits per heavy atom. The molecule has 1 aromatic carbocycles. The number of hydrogen-bond acceptors (Lipinski definition) is 3. The summed E-state index contributed by atoms with van der Waals surface area (Å²) < 4.78 is 0.956. The van der Waals surface area contributed by atoms with Gasteiger partial charge in [-0.25, -0.2) is 4.98 Å². The summed E-state index contributed by atoms with van der Waals surface area (Å²) in [5.74, 6) is -0.895. The minimum atomic E-state index is -0.895. The van der Waals surface area contributed by atoms with Crippen molar-refractivity contribution in [2.75, 3.05) is 0 Å². The van der Waals surface area contributed by atoms with Gasteiger partial charge in [0.25, 0.3) is 0 Å². The molecule has 0 unspecified atom stereocenters. The Morgan fingerprint density at radius 3 is 2.84 bits per heavy atom. The molecule has 0 amide bonds. The van der Waals surface area contributed by atoms with Crippen molar-refractivity contribution in [3.63, 3.8) is 0 Å². The molecular formula is C14H12N2O3. The summed E-state index contributed by atoms with van der Waals surface area (Å²) in [6, 6.07) is 9.48. The van der Waals surface area contributed by atoms with Crippen molar-refractivity contribution in [1.82, 2.24) is 9.71 Å². The number of fused-ring (bicyclic) bond motifs is 3. The highest BCUT2D eigenvalue weighted by Gasteiger charge is 2.18. The van der Waals surface area contributed by atoms with Crippen molar-refractivity contribution in [2.45, 2.75) is 12.8 Å². The summed E-state index contributed by atoms with van der Waals surface area (Å²) in [6.07, 6.45) is 1.73. The quantitative estimate of drug-likeness (QED) is 0.705. The maximum absolute atomic E-state index is 10.7. The molecule has 5 heteroatoms. The molecule has 0 fully saturated rings. The molecule has 2 heterocycles. The van der Waals surface area contributed by atoms with E-state index in [1.807, 2.05) is 24.3 Å². The first-order valence-electron chi connectivity index (χ1n) is 5.96. The van der Waals surface area contributed by atoms with Gasteiger partial charge in [0.05, 0.1) is 23.3 Å². The van der Waals surface area contributed by atoms with Crippen LogP contribution < -0.4 is 0 Å². The van der Waals surface area contributed by atoms with E-state index in [-0.39, 0.29) is 12.8 Å². The number of pyridine rings is 1. The van der Waals surface area contributed by atoms with Crippen LogP contribution in [0.3, 0.4) is 0 Å². The van der Waals surface area contributed by atoms with Gasteiger partial charge in [-0.15, -0.1) is 0 Å². The second-order valence-electron chi connectivity index (χ2n) is 4.39. The van der Waals surface area contributed by atoms with E-state index in [2.05, 4.69) is 4.98 Å². The summed E-state index contributed by atoms with van der Waals surface area (Å²) in [7, 11) is 0. The molecule has 2 N–H and O–H groups in total. The molecule has 19 heavy (non-hydrogen) atoms. The van der Waals surface area contributed by atoms with Crippen LogP contribution in [0.4, 0.5) is 0 Å². The van der Waals surface area contributed by atoms with E-state index in [4.69, 9.17) is 5.11 Å². The summed E-state index contributed by atoms with van der Waals surface area (Å²) in [5, 5.41) is 19.6. The van der Waals surface area contributed by atoms with Crippen LogP contribution in [0.15, 0.2) is 36.5 Å². The molecule has 0 saturated heterocycles. The molecule has 1 aromatic rings. The highest BCUT2D eigenvalue weighted by molar-refractivity contribution is 5.97. The van der Waals surface area contributed by atoms with Crippen LogP contribution in [-0.4, -0.2) is 26.0 Å². The first-order chi connectivity index (χ1) is 9.16. The fourth-order valence-electron chi connectivity index (χ4n) is 2.30. The maximum atomic E-state index is 10.7. The summed E-state index contributed by atoms with van der Waals surface area (Å²) in [5.41, 5.74) is 2.96. The van der Waals surface area contributed by atoms with Gasteiger partial charge in [0.15, 0.2) is 0 Å². The number of hydrogen-bond donors (Lipinski definition) is 2. The number of aromatic nitrogens is 2. The van der Waals surface area contributed by atoms with Gasteiger partial charge < -0.3 is 10.3 Å². The normalized spacial score (nSPS) is 11.2. The van der Waals surface area contributed by atoms with E-state index in [9.17, 15) is 10.0 Å². The molecule has 2 aliphatic rings. The third kappa shape index (κ3) is 1.89. The van der Waals surface area contributed by atoms with Gasteiger partial charge in [0, 0.05) is 23.6 Å². The first kappa shape index (κ1) is 11.5. The smallest absolute Gasteiger partial charge is 0.303 e. The van der Waals surface area contributed by atoms with Crippen molar-refractivity contribution in [3.8, 4) is 11.3 Å². The SMILES string of the molecule is O=C(O)CCc1c2nc3ccccc3c-2ccn1O. The van der Waals surface area contributed by atoms with Gasteiger partial charge in [-0.2, -0.15) is 4.73 Å². The monoisotopic (exact) mass is 256 g/mol. The van der Waals surface area contributed by atoms with Crippen LogP contribution in [0, 0.1) is 0 Å². The third-order valence-electron chi connectivity index (χ3n) is 3.19. The largest absolute Gasteiger partial charge is 0.481 e. The van der Waals surface area contributed by atoms with E-state index in [0.717, 1.165) is 21.2 Å². The molecule has 2 aliphatic heterocycles. The fourth-order valence-corrected chi connectivity index (χ4v) is 2.30. The van der Waals surface area contributed by atoms with Crippen molar-refractivity contribution in [2.24, 2.45) is 0 Å². The number of aliphatic carboxylic acids is 1. The maximum Gasteiger partial charge on any atom is 0.303 e. The second kappa shape index (κ2) is 4.28. The van der Waals surface area contributed by atoms with Crippen LogP contribution in [-0.2, 0) is 11.2 Å². The van der Waals surface area contributed by atoms with Gasteiger partial charge in [-0.1, -0.05) is 18.2 Å². The number of carbonyl (C=O) groups is 1. The number of rotatable bonds is 3. The minimum absolute atomic E-state index is 0.0388. The van der Waals surface area contributed by atoms with Crippen molar-refractivity contribution >= 4 is 16.9 Å². The Kier molecular flexibility index (Phi) is 2.59. The molecule has 0 saturated carbocycles. The van der Waals surface area contributed by atoms with Gasteiger partial charge in [-0.05, 0) is 12.1 Å². The second-order valence-corrected chi connectivity index (χ2v) is 4.39. The molecular weight excluding hydrogens is 244 g/mol. The van der Waals surface area contributed by atoms with Gasteiger partial charge in [0.2, 0.25) is 0 Å². The van der Waals surface area contributed by atoms with Crippen molar-refractivity contribution in [3.05, 3.63) is 42.2 Å². The lowest BCUT2D eigenvalue weighted by atomic mass is 10.1. The topological polar surface area (TPSA) is 75.3 Å². The summed E-state index contributed by atoms with van der Waals surface area (Å²) in [4.78, 5) is 15.2. The standard InChI is InChI=1S/C14H12N2O3/c17-13(18)6-5-12-14-10(7-8-16(12)19)9-3-1-2-4-11(9)15-14/h1-4,7-8,19H,5-6H2,(H,17,18). The highest BCUT2D eigenvalue weighted by atomic mass is 16.5. The number of carboxylic acids is 1. The minimum Gasteiger partial charge on any atom is -0.481 e. The van der Waals surface area contributed by atoms with Crippen LogP contribution in [0.5, 0.6) is 0 Å². The van der Waals surface area contributed by atoms with E-state index < -0.39 is 5.97 Å². The van der Waals surface area contributed by atoms with Crippen molar-refractivity contribution in [1.29, 1.82) is 0 Å². The van der Waals surface area contributed by atoms with Crippen molar-refractivity contribution < 1.29 is 15.1 Å². The lowest BCUT2D eigenvalue weighted by molar-refractivity contribution is -0.137. The highest BCUT2D eigenvalue weighted by Crippen LogP contribution is 2.33. The Bertz CT molecular complexity index is 733. The number of nitrogens with zero attached hydrogens (tertiary/aromatic N) is 2. The number of benzene rings is 1. The molecule has 0 bridgehead atoms. The average Bonchev–Trinajstić information content (AvgIpc) is 2.75.